The van der Waals surface area contributed by atoms with Crippen LogP contribution in [-0.4, -0.2) is 23.9 Å². The fourth-order valence-electron chi connectivity index (χ4n) is 3.79. The van der Waals surface area contributed by atoms with E-state index < -0.39 is 17.6 Å². The number of amides is 1. The maximum absolute atomic E-state index is 13.5. The summed E-state index contributed by atoms with van der Waals surface area (Å²) in [4.78, 5) is 15.0. The molecule has 0 heterocycles. The molecule has 0 spiro atoms. The molecular weight excluding hydrogens is 375 g/mol. The summed E-state index contributed by atoms with van der Waals surface area (Å²) in [6, 6.07) is 5.19. The summed E-state index contributed by atoms with van der Waals surface area (Å²) in [7, 11) is 0. The Morgan fingerprint density at radius 1 is 0.897 bits per heavy atom. The topological polar surface area (TPSA) is 20.3 Å². The number of alkyl halides is 3. The van der Waals surface area contributed by atoms with Gasteiger partial charge in [0.15, 0.2) is 0 Å². The molecule has 0 saturated heterocycles. The number of halogens is 3. The van der Waals surface area contributed by atoms with Crippen molar-refractivity contribution < 1.29 is 18.0 Å². The van der Waals surface area contributed by atoms with Gasteiger partial charge in [-0.1, -0.05) is 78.4 Å². The first kappa shape index (κ1) is 25.5. The quantitative estimate of drug-likeness (QED) is 0.326. The summed E-state index contributed by atoms with van der Waals surface area (Å²) in [5, 5.41) is 0. The van der Waals surface area contributed by atoms with E-state index in [0.717, 1.165) is 57.4 Å². The van der Waals surface area contributed by atoms with Gasteiger partial charge in [-0.05, 0) is 36.8 Å². The second kappa shape index (κ2) is 12.9. The maximum Gasteiger partial charge on any atom is 0.417 e. The van der Waals surface area contributed by atoms with E-state index >= 15 is 0 Å². The van der Waals surface area contributed by atoms with Gasteiger partial charge in [0, 0.05) is 13.1 Å². The van der Waals surface area contributed by atoms with E-state index in [2.05, 4.69) is 27.7 Å². The van der Waals surface area contributed by atoms with Crippen LogP contribution in [0, 0.1) is 11.8 Å². The van der Waals surface area contributed by atoms with Crippen molar-refractivity contribution in [2.24, 2.45) is 11.8 Å². The highest BCUT2D eigenvalue weighted by atomic mass is 19.4. The van der Waals surface area contributed by atoms with E-state index in [0.29, 0.717) is 24.9 Å². The Balaban J connectivity index is 3.16. The van der Waals surface area contributed by atoms with Crippen molar-refractivity contribution in [2.75, 3.05) is 13.1 Å². The standard InChI is InChI=1S/C24H38F3NO/c1-5-9-13-19(7-3)17-28(18-20(8-4)14-10-6-2)23(29)21-15-11-12-16-22(21)24(25,26)27/h11-12,15-16,19-20H,5-10,13-14,17-18H2,1-4H3. The molecule has 0 aromatic heterocycles. The molecule has 0 N–H and O–H groups in total. The van der Waals surface area contributed by atoms with Crippen LogP contribution in [0.15, 0.2) is 24.3 Å². The average molecular weight is 414 g/mol. The van der Waals surface area contributed by atoms with Crippen LogP contribution in [0.1, 0.15) is 95.0 Å². The molecule has 0 aliphatic carbocycles. The van der Waals surface area contributed by atoms with Gasteiger partial charge >= 0.3 is 6.18 Å². The number of carbonyl (C=O) groups excluding carboxylic acids is 1. The van der Waals surface area contributed by atoms with Gasteiger partial charge in [0.1, 0.15) is 0 Å². The molecule has 2 unspecified atom stereocenters. The number of carbonyl (C=O) groups is 1. The zero-order valence-corrected chi connectivity index (χ0v) is 18.5. The number of benzene rings is 1. The summed E-state index contributed by atoms with van der Waals surface area (Å²) < 4.78 is 40.5. The van der Waals surface area contributed by atoms with Crippen LogP contribution in [0.4, 0.5) is 13.2 Å². The van der Waals surface area contributed by atoms with Gasteiger partial charge in [-0.15, -0.1) is 0 Å². The lowest BCUT2D eigenvalue weighted by Crippen LogP contribution is -2.39. The van der Waals surface area contributed by atoms with Crippen LogP contribution in [0.25, 0.3) is 0 Å². The number of rotatable bonds is 13. The minimum absolute atomic E-state index is 0.226. The van der Waals surface area contributed by atoms with E-state index in [4.69, 9.17) is 0 Å². The van der Waals surface area contributed by atoms with Crippen molar-refractivity contribution in [1.29, 1.82) is 0 Å². The van der Waals surface area contributed by atoms with E-state index in [-0.39, 0.29) is 5.56 Å². The molecule has 166 valence electrons. The first-order valence-corrected chi connectivity index (χ1v) is 11.2. The van der Waals surface area contributed by atoms with Crippen LogP contribution in [-0.2, 0) is 6.18 Å². The average Bonchev–Trinajstić information content (AvgIpc) is 2.71. The Morgan fingerprint density at radius 3 is 1.79 bits per heavy atom. The monoisotopic (exact) mass is 413 g/mol. The third kappa shape index (κ3) is 8.39. The van der Waals surface area contributed by atoms with Gasteiger partial charge < -0.3 is 4.90 Å². The molecule has 1 aromatic carbocycles. The summed E-state index contributed by atoms with van der Waals surface area (Å²) in [6.07, 6.45) is 3.64. The van der Waals surface area contributed by atoms with Gasteiger partial charge in [-0.2, -0.15) is 13.2 Å². The van der Waals surface area contributed by atoms with Crippen molar-refractivity contribution in [1.82, 2.24) is 4.90 Å². The number of unbranched alkanes of at least 4 members (excludes halogenated alkanes) is 2. The van der Waals surface area contributed by atoms with E-state index in [9.17, 15) is 18.0 Å². The van der Waals surface area contributed by atoms with Crippen LogP contribution < -0.4 is 0 Å². The van der Waals surface area contributed by atoms with Crippen molar-refractivity contribution >= 4 is 5.91 Å². The first-order valence-electron chi connectivity index (χ1n) is 11.2. The Bertz CT molecular complexity index is 582. The lowest BCUT2D eigenvalue weighted by Gasteiger charge is -2.31. The predicted octanol–water partition coefficient (Wildman–Crippen LogP) is 7.58. The maximum atomic E-state index is 13.5. The Kier molecular flexibility index (Phi) is 11.4. The molecule has 5 heteroatoms. The smallest absolute Gasteiger partial charge is 0.338 e. The second-order valence-electron chi connectivity index (χ2n) is 8.09. The lowest BCUT2D eigenvalue weighted by molar-refractivity contribution is -0.138. The third-order valence-electron chi connectivity index (χ3n) is 5.79. The third-order valence-corrected chi connectivity index (χ3v) is 5.79. The van der Waals surface area contributed by atoms with Gasteiger partial charge in [-0.3, -0.25) is 4.79 Å². The van der Waals surface area contributed by atoms with Crippen molar-refractivity contribution in [3.05, 3.63) is 35.4 Å². The normalized spacial score (nSPS) is 13.9. The Morgan fingerprint density at radius 2 is 1.38 bits per heavy atom. The van der Waals surface area contributed by atoms with Crippen molar-refractivity contribution in [2.45, 2.75) is 85.2 Å². The highest BCUT2D eigenvalue weighted by Crippen LogP contribution is 2.33. The molecule has 0 bridgehead atoms. The summed E-state index contributed by atoms with van der Waals surface area (Å²) >= 11 is 0. The number of hydrogen-bond acceptors (Lipinski definition) is 1. The Hall–Kier alpha value is -1.52. The molecule has 0 aliphatic heterocycles. The molecule has 0 saturated carbocycles. The number of nitrogens with zero attached hydrogens (tertiary/aromatic N) is 1. The highest BCUT2D eigenvalue weighted by Gasteiger charge is 2.36. The fraction of sp³-hybridized carbons (Fsp3) is 0.708. The van der Waals surface area contributed by atoms with Crippen LogP contribution >= 0.6 is 0 Å². The molecule has 0 aliphatic rings. The van der Waals surface area contributed by atoms with E-state index in [1.807, 2.05) is 0 Å². The minimum Gasteiger partial charge on any atom is -0.338 e. The summed E-state index contributed by atoms with van der Waals surface area (Å²) in [5.74, 6) is 0.157. The second-order valence-corrected chi connectivity index (χ2v) is 8.09. The molecule has 1 rings (SSSR count). The van der Waals surface area contributed by atoms with Crippen molar-refractivity contribution in [3.63, 3.8) is 0 Å². The van der Waals surface area contributed by atoms with Gasteiger partial charge in [0.2, 0.25) is 0 Å². The molecule has 1 amide bonds. The molecule has 2 atom stereocenters. The number of hydrogen-bond donors (Lipinski definition) is 0. The molecule has 0 fully saturated rings. The summed E-state index contributed by atoms with van der Waals surface area (Å²) in [5.41, 5.74) is -1.06. The van der Waals surface area contributed by atoms with Gasteiger partial charge in [0.25, 0.3) is 5.91 Å². The largest absolute Gasteiger partial charge is 0.417 e. The van der Waals surface area contributed by atoms with Crippen LogP contribution in [0.5, 0.6) is 0 Å². The fourth-order valence-corrected chi connectivity index (χ4v) is 3.79. The van der Waals surface area contributed by atoms with Crippen molar-refractivity contribution in [3.8, 4) is 0 Å². The molecule has 29 heavy (non-hydrogen) atoms. The Labute approximate surface area is 174 Å². The van der Waals surface area contributed by atoms with E-state index in [1.165, 1.54) is 18.2 Å². The molecule has 0 radical (unpaired) electrons. The van der Waals surface area contributed by atoms with Gasteiger partial charge in [-0.25, -0.2) is 0 Å². The minimum atomic E-state index is -4.53. The van der Waals surface area contributed by atoms with Gasteiger partial charge in [0.05, 0.1) is 11.1 Å². The first-order chi connectivity index (χ1) is 13.8. The lowest BCUT2D eigenvalue weighted by atomic mass is 9.94. The zero-order valence-electron chi connectivity index (χ0n) is 18.5. The molecule has 1 aromatic rings. The SMILES string of the molecule is CCCCC(CC)CN(CC(CC)CCCC)C(=O)c1ccccc1C(F)(F)F. The van der Waals surface area contributed by atoms with Crippen LogP contribution in [0.3, 0.4) is 0 Å². The molecule has 2 nitrogen and oxygen atoms in total. The predicted molar refractivity (Wildman–Crippen MR) is 114 cm³/mol. The van der Waals surface area contributed by atoms with E-state index in [1.54, 1.807) is 4.90 Å². The van der Waals surface area contributed by atoms with Crippen LogP contribution in [0.2, 0.25) is 0 Å². The zero-order chi connectivity index (χ0) is 21.9. The molecular formula is C24H38F3NO. The summed E-state index contributed by atoms with van der Waals surface area (Å²) in [6.45, 7) is 9.52. The highest BCUT2D eigenvalue weighted by molar-refractivity contribution is 5.96.